The van der Waals surface area contributed by atoms with Crippen LogP contribution in [0.25, 0.3) is 0 Å². The first-order valence-electron chi connectivity index (χ1n) is 7.54. The van der Waals surface area contributed by atoms with Gasteiger partial charge in [0.05, 0.1) is 0 Å². The molecular formula is C17H27NO. The molecule has 0 saturated carbocycles. The van der Waals surface area contributed by atoms with E-state index in [4.69, 9.17) is 0 Å². The Morgan fingerprint density at radius 3 is 2.53 bits per heavy atom. The molecule has 1 aromatic rings. The molecule has 0 radical (unpaired) electrons. The molecule has 0 aliphatic heterocycles. The van der Waals surface area contributed by atoms with E-state index in [1.165, 1.54) is 5.56 Å². The molecule has 0 fully saturated rings. The molecule has 0 saturated heterocycles. The van der Waals surface area contributed by atoms with E-state index in [1.54, 1.807) is 6.07 Å². The molecular weight excluding hydrogens is 234 g/mol. The van der Waals surface area contributed by atoms with E-state index in [2.05, 4.69) is 39.1 Å². The summed E-state index contributed by atoms with van der Waals surface area (Å²) in [4.78, 5) is 0. The lowest BCUT2D eigenvalue weighted by molar-refractivity contribution is 0.265. The molecule has 1 unspecified atom stereocenters. The Kier molecular flexibility index (Phi) is 4.51. The molecule has 2 N–H and O–H groups in total. The van der Waals surface area contributed by atoms with Gasteiger partial charge >= 0.3 is 0 Å². The van der Waals surface area contributed by atoms with Crippen molar-refractivity contribution in [2.45, 2.75) is 46.6 Å². The van der Waals surface area contributed by atoms with Crippen LogP contribution in [0.5, 0.6) is 5.75 Å². The van der Waals surface area contributed by atoms with Gasteiger partial charge in [-0.3, -0.25) is 0 Å². The van der Waals surface area contributed by atoms with E-state index in [0.29, 0.717) is 29.5 Å². The monoisotopic (exact) mass is 261 g/mol. The maximum Gasteiger partial charge on any atom is 0.119 e. The molecule has 106 valence electrons. The SMILES string of the molecule is CC(C)C(CNC1CCc2c(O)cccc21)C(C)C. The molecule has 0 bridgehead atoms. The Morgan fingerprint density at radius 1 is 1.21 bits per heavy atom. The first-order valence-corrected chi connectivity index (χ1v) is 7.54. The van der Waals surface area contributed by atoms with Gasteiger partial charge < -0.3 is 10.4 Å². The van der Waals surface area contributed by atoms with Crippen molar-refractivity contribution in [1.82, 2.24) is 5.32 Å². The fourth-order valence-electron chi connectivity index (χ4n) is 3.37. The highest BCUT2D eigenvalue weighted by Crippen LogP contribution is 2.36. The second-order valence-electron chi connectivity index (χ2n) is 6.50. The van der Waals surface area contributed by atoms with Crippen molar-refractivity contribution in [3.05, 3.63) is 29.3 Å². The average molecular weight is 261 g/mol. The van der Waals surface area contributed by atoms with Crippen molar-refractivity contribution < 1.29 is 5.11 Å². The molecule has 1 aliphatic rings. The van der Waals surface area contributed by atoms with Crippen molar-refractivity contribution in [3.63, 3.8) is 0 Å². The minimum atomic E-state index is 0.419. The predicted molar refractivity (Wildman–Crippen MR) is 80.3 cm³/mol. The van der Waals surface area contributed by atoms with Crippen molar-refractivity contribution in [2.24, 2.45) is 17.8 Å². The van der Waals surface area contributed by atoms with Crippen LogP contribution in [0.4, 0.5) is 0 Å². The number of rotatable bonds is 5. The topological polar surface area (TPSA) is 32.3 Å². The van der Waals surface area contributed by atoms with Crippen LogP contribution in [0.2, 0.25) is 0 Å². The zero-order valence-electron chi connectivity index (χ0n) is 12.6. The highest BCUT2D eigenvalue weighted by atomic mass is 16.3. The van der Waals surface area contributed by atoms with Crippen molar-refractivity contribution in [3.8, 4) is 5.75 Å². The Labute approximate surface area is 117 Å². The van der Waals surface area contributed by atoms with Gasteiger partial charge in [-0.2, -0.15) is 0 Å². The fraction of sp³-hybridized carbons (Fsp3) is 0.647. The van der Waals surface area contributed by atoms with Crippen molar-refractivity contribution >= 4 is 0 Å². The summed E-state index contributed by atoms with van der Waals surface area (Å²) in [6.07, 6.45) is 2.10. The zero-order valence-corrected chi connectivity index (χ0v) is 12.6. The van der Waals surface area contributed by atoms with Gasteiger partial charge in [0.15, 0.2) is 0 Å². The smallest absolute Gasteiger partial charge is 0.119 e. The van der Waals surface area contributed by atoms with Crippen LogP contribution in [-0.2, 0) is 6.42 Å². The highest BCUT2D eigenvalue weighted by molar-refractivity contribution is 5.44. The van der Waals surface area contributed by atoms with E-state index in [0.717, 1.165) is 24.9 Å². The third-order valence-corrected chi connectivity index (χ3v) is 4.56. The number of hydrogen-bond acceptors (Lipinski definition) is 2. The van der Waals surface area contributed by atoms with Gasteiger partial charge in [0.25, 0.3) is 0 Å². The summed E-state index contributed by atoms with van der Waals surface area (Å²) in [6, 6.07) is 6.32. The van der Waals surface area contributed by atoms with Crippen LogP contribution in [0.1, 0.15) is 51.3 Å². The summed E-state index contributed by atoms with van der Waals surface area (Å²) in [6.45, 7) is 10.3. The van der Waals surface area contributed by atoms with Crippen LogP contribution in [0.15, 0.2) is 18.2 Å². The summed E-state index contributed by atoms with van der Waals surface area (Å²) in [5, 5.41) is 13.6. The molecule has 2 nitrogen and oxygen atoms in total. The van der Waals surface area contributed by atoms with Crippen LogP contribution in [-0.4, -0.2) is 11.7 Å². The molecule has 2 heteroatoms. The minimum Gasteiger partial charge on any atom is -0.508 e. The van der Waals surface area contributed by atoms with Gasteiger partial charge in [0, 0.05) is 6.04 Å². The third kappa shape index (κ3) is 3.11. The molecule has 1 aliphatic carbocycles. The van der Waals surface area contributed by atoms with Gasteiger partial charge in [0.1, 0.15) is 5.75 Å². The summed E-state index contributed by atoms with van der Waals surface area (Å²) in [5.74, 6) is 2.59. The van der Waals surface area contributed by atoms with E-state index in [-0.39, 0.29) is 0 Å². The number of benzene rings is 1. The lowest BCUT2D eigenvalue weighted by Crippen LogP contribution is -2.31. The van der Waals surface area contributed by atoms with E-state index < -0.39 is 0 Å². The van der Waals surface area contributed by atoms with Crippen LogP contribution < -0.4 is 5.32 Å². The Hall–Kier alpha value is -1.02. The molecule has 0 spiro atoms. The number of phenols is 1. The Bertz CT molecular complexity index is 417. The number of nitrogens with one attached hydrogen (secondary N) is 1. The maximum atomic E-state index is 9.88. The van der Waals surface area contributed by atoms with E-state index >= 15 is 0 Å². The molecule has 0 amide bonds. The summed E-state index contributed by atoms with van der Waals surface area (Å²) in [7, 11) is 0. The molecule has 0 aromatic heterocycles. The number of hydrogen-bond donors (Lipinski definition) is 2. The summed E-state index contributed by atoms with van der Waals surface area (Å²) < 4.78 is 0. The van der Waals surface area contributed by atoms with Crippen molar-refractivity contribution in [2.75, 3.05) is 6.54 Å². The number of fused-ring (bicyclic) bond motifs is 1. The third-order valence-electron chi connectivity index (χ3n) is 4.56. The zero-order chi connectivity index (χ0) is 14.0. The van der Waals surface area contributed by atoms with Gasteiger partial charge in [-0.25, -0.2) is 0 Å². The number of aromatic hydroxyl groups is 1. The first-order chi connectivity index (χ1) is 9.00. The van der Waals surface area contributed by atoms with Crippen LogP contribution in [0.3, 0.4) is 0 Å². The molecule has 1 atom stereocenters. The fourth-order valence-corrected chi connectivity index (χ4v) is 3.37. The summed E-state index contributed by atoms with van der Waals surface area (Å²) >= 11 is 0. The number of phenolic OH excluding ortho intramolecular Hbond substituents is 1. The van der Waals surface area contributed by atoms with Crippen LogP contribution in [0, 0.1) is 17.8 Å². The van der Waals surface area contributed by atoms with Gasteiger partial charge in [-0.05, 0) is 54.3 Å². The minimum absolute atomic E-state index is 0.419. The van der Waals surface area contributed by atoms with E-state index in [1.807, 2.05) is 6.07 Å². The Morgan fingerprint density at radius 2 is 1.89 bits per heavy atom. The molecule has 19 heavy (non-hydrogen) atoms. The van der Waals surface area contributed by atoms with Gasteiger partial charge in [-0.1, -0.05) is 39.8 Å². The van der Waals surface area contributed by atoms with Crippen molar-refractivity contribution in [1.29, 1.82) is 0 Å². The second kappa shape index (κ2) is 5.96. The predicted octanol–water partition coefficient (Wildman–Crippen LogP) is 3.90. The molecule has 1 aromatic carbocycles. The average Bonchev–Trinajstić information content (AvgIpc) is 2.73. The maximum absolute atomic E-state index is 9.88. The normalized spacial score (nSPS) is 18.6. The van der Waals surface area contributed by atoms with Gasteiger partial charge in [0.2, 0.25) is 0 Å². The largest absolute Gasteiger partial charge is 0.508 e. The second-order valence-corrected chi connectivity index (χ2v) is 6.50. The standard InChI is InChI=1S/C17H27NO/c1-11(2)15(12(3)4)10-18-16-9-8-14-13(16)6-5-7-17(14)19/h5-7,11-12,15-16,18-19H,8-10H2,1-4H3. The van der Waals surface area contributed by atoms with Gasteiger partial charge in [-0.15, -0.1) is 0 Å². The first kappa shape index (κ1) is 14.4. The van der Waals surface area contributed by atoms with Crippen LogP contribution >= 0.6 is 0 Å². The van der Waals surface area contributed by atoms with E-state index in [9.17, 15) is 5.11 Å². The molecule has 0 heterocycles. The highest BCUT2D eigenvalue weighted by Gasteiger charge is 2.26. The lowest BCUT2D eigenvalue weighted by Gasteiger charge is -2.27. The Balaban J connectivity index is 2.01. The lowest BCUT2D eigenvalue weighted by atomic mass is 9.85. The molecule has 2 rings (SSSR count). The summed E-state index contributed by atoms with van der Waals surface area (Å²) in [5.41, 5.74) is 2.44. The quantitative estimate of drug-likeness (QED) is 0.842.